The fourth-order valence-corrected chi connectivity index (χ4v) is 1.85. The Labute approximate surface area is 94.1 Å². The summed E-state index contributed by atoms with van der Waals surface area (Å²) in [6.45, 7) is 1.85. The number of hydrogen-bond donors (Lipinski definition) is 1. The van der Waals surface area contributed by atoms with Crippen molar-refractivity contribution in [2.45, 2.75) is 6.92 Å². The average Bonchev–Trinajstić information content (AvgIpc) is 2.19. The lowest BCUT2D eigenvalue weighted by Gasteiger charge is -2.03. The van der Waals surface area contributed by atoms with Gasteiger partial charge >= 0.3 is 5.97 Å². The van der Waals surface area contributed by atoms with Crippen molar-refractivity contribution in [3.8, 4) is 0 Å². The maximum Gasteiger partial charge on any atom is 0.338 e. The molecule has 5 heteroatoms. The number of carbonyl (C=O) groups is 1. The van der Waals surface area contributed by atoms with Crippen molar-refractivity contribution in [1.82, 2.24) is 9.97 Å². The number of rotatable bonds is 1. The molecule has 2 heterocycles. The van der Waals surface area contributed by atoms with E-state index in [1.165, 1.54) is 6.20 Å². The number of halogens is 1. The Morgan fingerprint density at radius 1 is 1.47 bits per heavy atom. The van der Waals surface area contributed by atoms with Crippen LogP contribution in [-0.2, 0) is 0 Å². The van der Waals surface area contributed by atoms with Crippen LogP contribution in [0.15, 0.2) is 22.8 Å². The lowest BCUT2D eigenvalue weighted by molar-refractivity contribution is 0.0695. The van der Waals surface area contributed by atoms with Gasteiger partial charge < -0.3 is 5.11 Å². The molecule has 0 aromatic carbocycles. The Kier molecular flexibility index (Phi) is 2.40. The topological polar surface area (TPSA) is 63.1 Å². The van der Waals surface area contributed by atoms with Gasteiger partial charge in [-0.1, -0.05) is 0 Å². The van der Waals surface area contributed by atoms with Gasteiger partial charge in [-0.25, -0.2) is 4.79 Å². The largest absolute Gasteiger partial charge is 0.478 e. The van der Waals surface area contributed by atoms with Crippen molar-refractivity contribution in [3.63, 3.8) is 0 Å². The highest BCUT2D eigenvalue weighted by Gasteiger charge is 2.13. The zero-order chi connectivity index (χ0) is 11.0. The number of aryl methyl sites for hydroxylation is 1. The predicted octanol–water partition coefficient (Wildman–Crippen LogP) is 2.40. The van der Waals surface area contributed by atoms with Crippen LogP contribution in [0.25, 0.3) is 11.0 Å². The normalized spacial score (nSPS) is 10.5. The van der Waals surface area contributed by atoms with Gasteiger partial charge in [0, 0.05) is 11.9 Å². The first-order valence-corrected chi connectivity index (χ1v) is 5.04. The smallest absolute Gasteiger partial charge is 0.338 e. The van der Waals surface area contributed by atoms with Gasteiger partial charge in [0.1, 0.15) is 5.52 Å². The predicted molar refractivity (Wildman–Crippen MR) is 58.9 cm³/mol. The SMILES string of the molecule is Cc1ccc2ncc(C(=O)O)c(Br)c2n1. The molecule has 0 atom stereocenters. The number of nitrogens with zero attached hydrogens (tertiary/aromatic N) is 2. The van der Waals surface area contributed by atoms with Crippen molar-refractivity contribution < 1.29 is 9.90 Å². The van der Waals surface area contributed by atoms with E-state index in [0.29, 0.717) is 15.5 Å². The van der Waals surface area contributed by atoms with Crippen LogP contribution >= 0.6 is 15.9 Å². The average molecular weight is 267 g/mol. The van der Waals surface area contributed by atoms with E-state index in [0.717, 1.165) is 5.69 Å². The number of aromatic carboxylic acids is 1. The second kappa shape index (κ2) is 3.58. The minimum atomic E-state index is -1.01. The number of carboxylic acid groups (broad SMARTS) is 1. The molecular weight excluding hydrogens is 260 g/mol. The first-order valence-electron chi connectivity index (χ1n) is 4.25. The molecule has 0 amide bonds. The van der Waals surface area contributed by atoms with Crippen molar-refractivity contribution in [2.75, 3.05) is 0 Å². The van der Waals surface area contributed by atoms with E-state index in [2.05, 4.69) is 25.9 Å². The van der Waals surface area contributed by atoms with Crippen molar-refractivity contribution >= 4 is 32.9 Å². The molecule has 4 nitrogen and oxygen atoms in total. The highest BCUT2D eigenvalue weighted by molar-refractivity contribution is 9.10. The highest BCUT2D eigenvalue weighted by Crippen LogP contribution is 2.24. The van der Waals surface area contributed by atoms with Gasteiger partial charge in [0.15, 0.2) is 0 Å². The molecule has 0 saturated carbocycles. The summed E-state index contributed by atoms with van der Waals surface area (Å²) in [5.41, 5.74) is 2.21. The molecule has 15 heavy (non-hydrogen) atoms. The fourth-order valence-electron chi connectivity index (χ4n) is 1.28. The number of carboxylic acids is 1. The van der Waals surface area contributed by atoms with Gasteiger partial charge in [-0.15, -0.1) is 0 Å². The van der Waals surface area contributed by atoms with Crippen LogP contribution in [0.4, 0.5) is 0 Å². The summed E-state index contributed by atoms with van der Waals surface area (Å²) < 4.78 is 0.476. The van der Waals surface area contributed by atoms with Crippen molar-refractivity contribution in [2.24, 2.45) is 0 Å². The molecule has 76 valence electrons. The number of aromatic nitrogens is 2. The minimum Gasteiger partial charge on any atom is -0.478 e. The number of pyridine rings is 2. The molecule has 0 bridgehead atoms. The molecule has 2 rings (SSSR count). The molecule has 0 unspecified atom stereocenters. The number of fused-ring (bicyclic) bond motifs is 1. The van der Waals surface area contributed by atoms with Gasteiger partial charge in [-0.2, -0.15) is 0 Å². The summed E-state index contributed by atoms with van der Waals surface area (Å²) in [6.07, 6.45) is 1.33. The second-order valence-corrected chi connectivity index (χ2v) is 3.90. The van der Waals surface area contributed by atoms with Gasteiger partial charge in [0.25, 0.3) is 0 Å². The molecule has 0 aliphatic heterocycles. The van der Waals surface area contributed by atoms with Crippen LogP contribution in [0.5, 0.6) is 0 Å². The van der Waals surface area contributed by atoms with E-state index in [1.54, 1.807) is 0 Å². The Morgan fingerprint density at radius 2 is 2.20 bits per heavy atom. The summed E-state index contributed by atoms with van der Waals surface area (Å²) in [5.74, 6) is -1.01. The van der Waals surface area contributed by atoms with E-state index in [4.69, 9.17) is 5.11 Å². The third-order valence-corrected chi connectivity index (χ3v) is 2.82. The Morgan fingerprint density at radius 3 is 2.87 bits per heavy atom. The first kappa shape index (κ1) is 10.0. The molecule has 2 aromatic rings. The summed E-state index contributed by atoms with van der Waals surface area (Å²) >= 11 is 3.23. The molecule has 0 saturated heterocycles. The lowest BCUT2D eigenvalue weighted by Crippen LogP contribution is -2.00. The van der Waals surface area contributed by atoms with Crippen LogP contribution in [0.2, 0.25) is 0 Å². The van der Waals surface area contributed by atoms with Gasteiger partial charge in [-0.05, 0) is 35.0 Å². The molecular formula is C10H7BrN2O2. The Hall–Kier alpha value is -1.49. The lowest BCUT2D eigenvalue weighted by atomic mass is 10.2. The molecule has 0 aliphatic carbocycles. The summed E-state index contributed by atoms with van der Waals surface area (Å²) in [4.78, 5) is 19.1. The van der Waals surface area contributed by atoms with E-state index in [1.807, 2.05) is 19.1 Å². The van der Waals surface area contributed by atoms with Gasteiger partial charge in [-0.3, -0.25) is 9.97 Å². The minimum absolute atomic E-state index is 0.126. The molecule has 0 fully saturated rings. The van der Waals surface area contributed by atoms with Crippen LogP contribution < -0.4 is 0 Å². The third-order valence-electron chi connectivity index (χ3n) is 2.02. The number of hydrogen-bond acceptors (Lipinski definition) is 3. The quantitative estimate of drug-likeness (QED) is 0.861. The molecule has 0 spiro atoms. The zero-order valence-electron chi connectivity index (χ0n) is 7.86. The van der Waals surface area contributed by atoms with E-state index >= 15 is 0 Å². The van der Waals surface area contributed by atoms with E-state index < -0.39 is 5.97 Å². The molecule has 2 aromatic heterocycles. The maximum absolute atomic E-state index is 10.9. The van der Waals surface area contributed by atoms with E-state index in [9.17, 15) is 4.79 Å². The summed E-state index contributed by atoms with van der Waals surface area (Å²) in [6, 6.07) is 3.65. The van der Waals surface area contributed by atoms with Crippen LogP contribution in [0, 0.1) is 6.92 Å². The van der Waals surface area contributed by atoms with Crippen LogP contribution in [0.1, 0.15) is 16.1 Å². The standard InChI is InChI=1S/C10H7BrN2O2/c1-5-2-3-7-9(13-5)8(11)6(4-12-7)10(14)15/h2-4H,1H3,(H,14,15). The highest BCUT2D eigenvalue weighted by atomic mass is 79.9. The Bertz CT molecular complexity index is 554. The van der Waals surface area contributed by atoms with Crippen LogP contribution in [-0.4, -0.2) is 21.0 Å². The first-order chi connectivity index (χ1) is 7.09. The summed E-state index contributed by atoms with van der Waals surface area (Å²) in [5, 5.41) is 8.90. The summed E-state index contributed by atoms with van der Waals surface area (Å²) in [7, 11) is 0. The molecule has 1 N–H and O–H groups in total. The van der Waals surface area contributed by atoms with Gasteiger partial charge in [0.2, 0.25) is 0 Å². The molecule has 0 radical (unpaired) electrons. The van der Waals surface area contributed by atoms with Crippen LogP contribution in [0.3, 0.4) is 0 Å². The zero-order valence-corrected chi connectivity index (χ0v) is 9.45. The van der Waals surface area contributed by atoms with Crippen molar-refractivity contribution in [3.05, 3.63) is 34.1 Å². The van der Waals surface area contributed by atoms with E-state index in [-0.39, 0.29) is 5.56 Å². The van der Waals surface area contributed by atoms with Crippen molar-refractivity contribution in [1.29, 1.82) is 0 Å². The second-order valence-electron chi connectivity index (χ2n) is 3.11. The fraction of sp³-hybridized carbons (Fsp3) is 0.100. The monoisotopic (exact) mass is 266 g/mol. The Balaban J connectivity index is 2.82. The molecule has 0 aliphatic rings. The third kappa shape index (κ3) is 1.70. The maximum atomic E-state index is 10.9. The van der Waals surface area contributed by atoms with Gasteiger partial charge in [0.05, 0.1) is 15.6 Å².